The molecule has 0 saturated heterocycles. The minimum absolute atomic E-state index is 0.0359. The minimum atomic E-state index is -0.473. The predicted molar refractivity (Wildman–Crippen MR) is 99.6 cm³/mol. The highest BCUT2D eigenvalue weighted by Crippen LogP contribution is 2.28. The lowest BCUT2D eigenvalue weighted by molar-refractivity contribution is -0.607. The SMILES string of the molecule is CC(C)(C)c1ccc(-c2csc(NC(=O)c3cccc[n+]3[O-])n2)cc1. The molecule has 0 radical (unpaired) electrons. The van der Waals surface area contributed by atoms with E-state index in [1.807, 2.05) is 17.5 Å². The van der Waals surface area contributed by atoms with E-state index in [2.05, 4.69) is 43.2 Å². The molecule has 3 aromatic rings. The normalized spacial score (nSPS) is 11.3. The number of carbonyl (C=O) groups is 1. The Morgan fingerprint density at radius 1 is 1.16 bits per heavy atom. The number of hydrogen-bond donors (Lipinski definition) is 1. The molecule has 1 aromatic carbocycles. The lowest BCUT2D eigenvalue weighted by Gasteiger charge is -2.18. The van der Waals surface area contributed by atoms with E-state index in [1.165, 1.54) is 29.2 Å². The Morgan fingerprint density at radius 3 is 2.52 bits per heavy atom. The molecule has 2 heterocycles. The standard InChI is InChI=1S/C19H19N3O2S/c1-19(2,3)14-9-7-13(8-10-14)15-12-25-18(20-15)21-17(23)16-6-4-5-11-22(16)24/h4-12H,1-3H3,(H,20,21,23). The molecule has 6 heteroatoms. The summed E-state index contributed by atoms with van der Waals surface area (Å²) in [6.07, 6.45) is 1.29. The number of nitrogens with zero attached hydrogens (tertiary/aromatic N) is 2. The molecule has 0 atom stereocenters. The van der Waals surface area contributed by atoms with Crippen LogP contribution in [0.25, 0.3) is 11.3 Å². The van der Waals surface area contributed by atoms with Crippen molar-refractivity contribution in [1.82, 2.24) is 4.98 Å². The average molecular weight is 353 g/mol. The van der Waals surface area contributed by atoms with Gasteiger partial charge in [0.1, 0.15) is 0 Å². The third-order valence-electron chi connectivity index (χ3n) is 3.83. The van der Waals surface area contributed by atoms with Crippen LogP contribution in [0.4, 0.5) is 5.13 Å². The zero-order chi connectivity index (χ0) is 18.0. The summed E-state index contributed by atoms with van der Waals surface area (Å²) in [5.74, 6) is -0.473. The summed E-state index contributed by atoms with van der Waals surface area (Å²) in [6.45, 7) is 6.51. The fourth-order valence-corrected chi connectivity index (χ4v) is 3.08. The first-order valence-electron chi connectivity index (χ1n) is 7.90. The molecule has 0 spiro atoms. The van der Waals surface area contributed by atoms with Gasteiger partial charge in [0.2, 0.25) is 0 Å². The highest BCUT2D eigenvalue weighted by molar-refractivity contribution is 7.14. The van der Waals surface area contributed by atoms with Crippen LogP contribution in [0.1, 0.15) is 36.8 Å². The van der Waals surface area contributed by atoms with Gasteiger partial charge in [-0.15, -0.1) is 11.3 Å². The minimum Gasteiger partial charge on any atom is -0.618 e. The van der Waals surface area contributed by atoms with Crippen molar-refractivity contribution < 1.29 is 9.52 Å². The van der Waals surface area contributed by atoms with Gasteiger partial charge < -0.3 is 5.21 Å². The molecule has 5 nitrogen and oxygen atoms in total. The Balaban J connectivity index is 1.76. The Kier molecular flexibility index (Phi) is 4.55. The average Bonchev–Trinajstić information content (AvgIpc) is 3.03. The monoisotopic (exact) mass is 353 g/mol. The number of carbonyl (C=O) groups excluding carboxylic acids is 1. The fraction of sp³-hybridized carbons (Fsp3) is 0.211. The second-order valence-electron chi connectivity index (χ2n) is 6.73. The van der Waals surface area contributed by atoms with Gasteiger partial charge in [0.25, 0.3) is 5.69 Å². The first-order valence-corrected chi connectivity index (χ1v) is 8.78. The zero-order valence-corrected chi connectivity index (χ0v) is 15.1. The molecule has 2 aromatic heterocycles. The molecule has 1 N–H and O–H groups in total. The number of amides is 1. The molecule has 0 unspecified atom stereocenters. The molecule has 0 saturated carbocycles. The molecule has 0 aliphatic heterocycles. The summed E-state index contributed by atoms with van der Waals surface area (Å²) in [5.41, 5.74) is 3.17. The maximum absolute atomic E-state index is 12.2. The summed E-state index contributed by atoms with van der Waals surface area (Å²) in [6, 6.07) is 12.9. The van der Waals surface area contributed by atoms with Crippen molar-refractivity contribution in [2.24, 2.45) is 0 Å². The summed E-state index contributed by atoms with van der Waals surface area (Å²) < 4.78 is 0.537. The van der Waals surface area contributed by atoms with Crippen LogP contribution in [-0.4, -0.2) is 10.9 Å². The second-order valence-corrected chi connectivity index (χ2v) is 7.59. The molecule has 1 amide bonds. The molecule has 0 fully saturated rings. The first-order chi connectivity index (χ1) is 11.8. The summed E-state index contributed by atoms with van der Waals surface area (Å²) in [7, 11) is 0. The Labute approximate surface area is 150 Å². The number of thiazole rings is 1. The number of benzene rings is 1. The quantitative estimate of drug-likeness (QED) is 0.572. The van der Waals surface area contributed by atoms with Gasteiger partial charge in [-0.1, -0.05) is 45.0 Å². The van der Waals surface area contributed by atoms with Gasteiger partial charge in [-0.25, -0.2) is 4.98 Å². The highest BCUT2D eigenvalue weighted by Gasteiger charge is 2.17. The highest BCUT2D eigenvalue weighted by atomic mass is 32.1. The van der Waals surface area contributed by atoms with Gasteiger partial charge in [-0.2, -0.15) is 4.73 Å². The first kappa shape index (κ1) is 17.1. The Morgan fingerprint density at radius 2 is 1.88 bits per heavy atom. The van der Waals surface area contributed by atoms with Gasteiger partial charge in [0, 0.05) is 23.1 Å². The molecule has 25 heavy (non-hydrogen) atoms. The Hall–Kier alpha value is -2.73. The van der Waals surface area contributed by atoms with Crippen molar-refractivity contribution in [3.8, 4) is 11.3 Å². The van der Waals surface area contributed by atoms with Crippen molar-refractivity contribution in [1.29, 1.82) is 0 Å². The van der Waals surface area contributed by atoms with Gasteiger partial charge in [-0.3, -0.25) is 10.1 Å². The topological polar surface area (TPSA) is 68.9 Å². The van der Waals surface area contributed by atoms with Crippen LogP contribution in [-0.2, 0) is 5.41 Å². The molecular formula is C19H19N3O2S. The lowest BCUT2D eigenvalue weighted by Crippen LogP contribution is -2.36. The molecular weight excluding hydrogens is 334 g/mol. The number of pyridine rings is 1. The number of nitrogens with one attached hydrogen (secondary N) is 1. The molecule has 128 valence electrons. The van der Waals surface area contributed by atoms with Crippen LogP contribution in [0.3, 0.4) is 0 Å². The van der Waals surface area contributed by atoms with Gasteiger partial charge in [0.05, 0.1) is 5.69 Å². The van der Waals surface area contributed by atoms with Crippen LogP contribution in [0, 0.1) is 5.21 Å². The number of rotatable bonds is 3. The largest absolute Gasteiger partial charge is 0.618 e. The molecule has 0 aliphatic rings. The van der Waals surface area contributed by atoms with Crippen molar-refractivity contribution in [2.45, 2.75) is 26.2 Å². The van der Waals surface area contributed by atoms with E-state index < -0.39 is 5.91 Å². The maximum Gasteiger partial charge on any atom is 0.323 e. The summed E-state index contributed by atoms with van der Waals surface area (Å²) in [5, 5.41) is 16.7. The maximum atomic E-state index is 12.2. The third-order valence-corrected chi connectivity index (χ3v) is 4.59. The smallest absolute Gasteiger partial charge is 0.323 e. The van der Waals surface area contributed by atoms with Crippen molar-refractivity contribution in [3.63, 3.8) is 0 Å². The number of anilines is 1. The van der Waals surface area contributed by atoms with E-state index in [0.717, 1.165) is 11.3 Å². The van der Waals surface area contributed by atoms with E-state index in [-0.39, 0.29) is 11.1 Å². The van der Waals surface area contributed by atoms with Crippen molar-refractivity contribution in [2.75, 3.05) is 5.32 Å². The van der Waals surface area contributed by atoms with Crippen LogP contribution < -0.4 is 10.0 Å². The van der Waals surface area contributed by atoms with E-state index >= 15 is 0 Å². The predicted octanol–water partition coefficient (Wildman–Crippen LogP) is 3.99. The van der Waals surface area contributed by atoms with E-state index in [1.54, 1.807) is 12.1 Å². The van der Waals surface area contributed by atoms with Gasteiger partial charge in [-0.05, 0) is 17.0 Å². The fourth-order valence-electron chi connectivity index (χ4n) is 2.37. The van der Waals surface area contributed by atoms with Crippen molar-refractivity contribution >= 4 is 22.4 Å². The number of aromatic nitrogens is 2. The zero-order valence-electron chi connectivity index (χ0n) is 14.3. The van der Waals surface area contributed by atoms with E-state index in [4.69, 9.17) is 0 Å². The Bertz CT molecular complexity index is 896. The molecule has 0 bridgehead atoms. The second kappa shape index (κ2) is 6.64. The van der Waals surface area contributed by atoms with Crippen LogP contribution in [0.15, 0.2) is 54.0 Å². The van der Waals surface area contributed by atoms with Gasteiger partial charge >= 0.3 is 5.91 Å². The van der Waals surface area contributed by atoms with Crippen LogP contribution >= 0.6 is 11.3 Å². The van der Waals surface area contributed by atoms with Crippen LogP contribution in [0.2, 0.25) is 0 Å². The van der Waals surface area contributed by atoms with Crippen LogP contribution in [0.5, 0.6) is 0 Å². The van der Waals surface area contributed by atoms with Crippen molar-refractivity contribution in [3.05, 3.63) is 70.5 Å². The third kappa shape index (κ3) is 3.85. The molecule has 3 rings (SSSR count). The summed E-state index contributed by atoms with van der Waals surface area (Å²) in [4.78, 5) is 16.6. The molecule has 0 aliphatic carbocycles. The lowest BCUT2D eigenvalue weighted by atomic mass is 9.86. The van der Waals surface area contributed by atoms with E-state index in [0.29, 0.717) is 9.86 Å². The number of hydrogen-bond acceptors (Lipinski definition) is 4. The van der Waals surface area contributed by atoms with Gasteiger partial charge in [0.15, 0.2) is 11.3 Å². The van der Waals surface area contributed by atoms with E-state index in [9.17, 15) is 10.0 Å². The summed E-state index contributed by atoms with van der Waals surface area (Å²) >= 11 is 1.33.